The average Bonchev–Trinajstić information content (AvgIpc) is 2.46. The standard InChI is InChI=1S/C18H16O2/c1-13-8-10-15(11-9-13)12-17(14(2)19)18(20)16-6-4-3-5-7-16/h3-12H,1-2H3. The zero-order valence-electron chi connectivity index (χ0n) is 11.6. The minimum absolute atomic E-state index is 0.208. The normalized spacial score (nSPS) is 11.2. The van der Waals surface area contributed by atoms with E-state index in [1.54, 1.807) is 30.3 Å². The third kappa shape index (κ3) is 3.29. The monoisotopic (exact) mass is 264 g/mol. The van der Waals surface area contributed by atoms with Crippen LogP contribution in [-0.2, 0) is 4.79 Å². The van der Waals surface area contributed by atoms with Crippen molar-refractivity contribution in [3.63, 3.8) is 0 Å². The van der Waals surface area contributed by atoms with Gasteiger partial charge in [0.2, 0.25) is 0 Å². The molecule has 0 aromatic heterocycles. The van der Waals surface area contributed by atoms with E-state index >= 15 is 0 Å². The van der Waals surface area contributed by atoms with Gasteiger partial charge in [0.05, 0.1) is 5.57 Å². The molecule has 0 amide bonds. The summed E-state index contributed by atoms with van der Waals surface area (Å²) in [6.45, 7) is 3.41. The van der Waals surface area contributed by atoms with Crippen LogP contribution in [0.25, 0.3) is 6.08 Å². The fraction of sp³-hybridized carbons (Fsp3) is 0.111. The van der Waals surface area contributed by atoms with Gasteiger partial charge in [-0.15, -0.1) is 0 Å². The molecule has 0 atom stereocenters. The Morgan fingerprint density at radius 3 is 2.05 bits per heavy atom. The van der Waals surface area contributed by atoms with Crippen molar-refractivity contribution in [3.05, 3.63) is 76.9 Å². The van der Waals surface area contributed by atoms with Crippen LogP contribution >= 0.6 is 0 Å². The molecule has 0 spiro atoms. The van der Waals surface area contributed by atoms with Crippen molar-refractivity contribution in [1.29, 1.82) is 0 Å². The highest BCUT2D eigenvalue weighted by molar-refractivity contribution is 6.28. The maximum atomic E-state index is 12.4. The highest BCUT2D eigenvalue weighted by atomic mass is 16.1. The number of rotatable bonds is 4. The number of carbonyl (C=O) groups is 2. The third-order valence-corrected chi connectivity index (χ3v) is 3.05. The first-order valence-electron chi connectivity index (χ1n) is 6.47. The van der Waals surface area contributed by atoms with Crippen LogP contribution in [0.3, 0.4) is 0 Å². The van der Waals surface area contributed by atoms with Gasteiger partial charge in [-0.25, -0.2) is 0 Å². The second-order valence-corrected chi connectivity index (χ2v) is 4.72. The predicted octanol–water partition coefficient (Wildman–Crippen LogP) is 3.85. The molecule has 0 aliphatic rings. The molecule has 20 heavy (non-hydrogen) atoms. The molecular formula is C18H16O2. The van der Waals surface area contributed by atoms with Gasteiger partial charge in [-0.05, 0) is 25.5 Å². The lowest BCUT2D eigenvalue weighted by atomic mass is 9.98. The zero-order valence-corrected chi connectivity index (χ0v) is 11.6. The Morgan fingerprint density at radius 2 is 1.50 bits per heavy atom. The minimum atomic E-state index is -0.237. The Labute approximate surface area is 118 Å². The van der Waals surface area contributed by atoms with Crippen LogP contribution in [-0.4, -0.2) is 11.6 Å². The molecule has 0 bridgehead atoms. The lowest BCUT2D eigenvalue weighted by Gasteiger charge is -2.04. The first kappa shape index (κ1) is 13.9. The summed E-state index contributed by atoms with van der Waals surface area (Å²) in [5.74, 6) is -0.460. The summed E-state index contributed by atoms with van der Waals surface area (Å²) >= 11 is 0. The van der Waals surface area contributed by atoms with Crippen LogP contribution < -0.4 is 0 Å². The molecule has 0 fully saturated rings. The Kier molecular flexibility index (Phi) is 4.26. The number of ketones is 2. The van der Waals surface area contributed by atoms with Crippen molar-refractivity contribution >= 4 is 17.6 Å². The van der Waals surface area contributed by atoms with E-state index in [4.69, 9.17) is 0 Å². The molecule has 0 saturated heterocycles. The van der Waals surface area contributed by atoms with Crippen LogP contribution in [0.2, 0.25) is 0 Å². The molecule has 100 valence electrons. The molecule has 0 N–H and O–H groups in total. The van der Waals surface area contributed by atoms with E-state index in [2.05, 4.69) is 0 Å². The van der Waals surface area contributed by atoms with Crippen molar-refractivity contribution in [1.82, 2.24) is 0 Å². The maximum Gasteiger partial charge on any atom is 0.196 e. The quantitative estimate of drug-likeness (QED) is 0.364. The van der Waals surface area contributed by atoms with Crippen LogP contribution in [0, 0.1) is 6.92 Å². The lowest BCUT2D eigenvalue weighted by molar-refractivity contribution is -0.113. The van der Waals surface area contributed by atoms with Crippen molar-refractivity contribution in [2.45, 2.75) is 13.8 Å². The molecule has 2 rings (SSSR count). The molecular weight excluding hydrogens is 248 g/mol. The smallest absolute Gasteiger partial charge is 0.196 e. The van der Waals surface area contributed by atoms with Crippen LogP contribution in [0.1, 0.15) is 28.4 Å². The summed E-state index contributed by atoms with van der Waals surface area (Å²) in [6.07, 6.45) is 1.65. The predicted molar refractivity (Wildman–Crippen MR) is 80.6 cm³/mol. The van der Waals surface area contributed by atoms with Crippen molar-refractivity contribution in [3.8, 4) is 0 Å². The number of carbonyl (C=O) groups excluding carboxylic acids is 2. The Hall–Kier alpha value is -2.48. The SMILES string of the molecule is CC(=O)C(=Cc1ccc(C)cc1)C(=O)c1ccccc1. The molecule has 2 aromatic carbocycles. The van der Waals surface area contributed by atoms with Crippen molar-refractivity contribution in [2.75, 3.05) is 0 Å². The summed E-state index contributed by atoms with van der Waals surface area (Å²) in [7, 11) is 0. The Morgan fingerprint density at radius 1 is 0.900 bits per heavy atom. The minimum Gasteiger partial charge on any atom is -0.294 e. The fourth-order valence-electron chi connectivity index (χ4n) is 1.90. The van der Waals surface area contributed by atoms with E-state index in [0.29, 0.717) is 5.56 Å². The molecule has 0 heterocycles. The fourth-order valence-corrected chi connectivity index (χ4v) is 1.90. The maximum absolute atomic E-state index is 12.4. The number of benzene rings is 2. The highest BCUT2D eigenvalue weighted by Gasteiger charge is 2.16. The van der Waals surface area contributed by atoms with E-state index in [-0.39, 0.29) is 17.1 Å². The second-order valence-electron chi connectivity index (χ2n) is 4.72. The second kappa shape index (κ2) is 6.11. The molecule has 0 unspecified atom stereocenters. The van der Waals surface area contributed by atoms with Crippen molar-refractivity contribution in [2.24, 2.45) is 0 Å². The third-order valence-electron chi connectivity index (χ3n) is 3.05. The van der Waals surface area contributed by atoms with E-state index < -0.39 is 0 Å². The van der Waals surface area contributed by atoms with Crippen LogP contribution in [0.15, 0.2) is 60.2 Å². The molecule has 2 nitrogen and oxygen atoms in total. The number of Topliss-reactive ketones (excluding diaryl/α,β-unsaturated/α-hetero) is 2. The summed E-state index contributed by atoms with van der Waals surface area (Å²) in [5, 5.41) is 0. The molecule has 0 radical (unpaired) electrons. The average molecular weight is 264 g/mol. The van der Waals surface area contributed by atoms with Gasteiger partial charge in [0.15, 0.2) is 11.6 Å². The number of hydrogen-bond donors (Lipinski definition) is 0. The van der Waals surface area contributed by atoms with Gasteiger partial charge in [0.1, 0.15) is 0 Å². The first-order valence-corrected chi connectivity index (χ1v) is 6.47. The van der Waals surface area contributed by atoms with Crippen LogP contribution in [0.5, 0.6) is 0 Å². The van der Waals surface area contributed by atoms with Crippen molar-refractivity contribution < 1.29 is 9.59 Å². The highest BCUT2D eigenvalue weighted by Crippen LogP contribution is 2.14. The summed E-state index contributed by atoms with van der Waals surface area (Å²) in [4.78, 5) is 24.1. The van der Waals surface area contributed by atoms with E-state index in [9.17, 15) is 9.59 Å². The van der Waals surface area contributed by atoms with E-state index in [0.717, 1.165) is 11.1 Å². The van der Waals surface area contributed by atoms with Gasteiger partial charge in [-0.2, -0.15) is 0 Å². The molecule has 0 aliphatic heterocycles. The van der Waals surface area contributed by atoms with Gasteiger partial charge >= 0.3 is 0 Å². The topological polar surface area (TPSA) is 34.1 Å². The van der Waals surface area contributed by atoms with Gasteiger partial charge < -0.3 is 0 Å². The van der Waals surface area contributed by atoms with Gasteiger partial charge in [-0.3, -0.25) is 9.59 Å². The number of allylic oxidation sites excluding steroid dienone is 1. The lowest BCUT2D eigenvalue weighted by Crippen LogP contribution is -2.10. The summed E-state index contributed by atoms with van der Waals surface area (Å²) < 4.78 is 0. The molecule has 0 saturated carbocycles. The number of aryl methyl sites for hydroxylation is 1. The van der Waals surface area contributed by atoms with Gasteiger partial charge in [-0.1, -0.05) is 60.2 Å². The number of hydrogen-bond acceptors (Lipinski definition) is 2. The largest absolute Gasteiger partial charge is 0.294 e. The Bertz CT molecular complexity index is 650. The molecule has 0 aliphatic carbocycles. The van der Waals surface area contributed by atoms with E-state index in [1.807, 2.05) is 37.3 Å². The Balaban J connectivity index is 2.39. The zero-order chi connectivity index (χ0) is 14.5. The van der Waals surface area contributed by atoms with Gasteiger partial charge in [0.25, 0.3) is 0 Å². The van der Waals surface area contributed by atoms with Gasteiger partial charge in [0, 0.05) is 5.56 Å². The first-order chi connectivity index (χ1) is 9.58. The molecule has 2 heteroatoms. The summed E-state index contributed by atoms with van der Waals surface area (Å²) in [5.41, 5.74) is 2.73. The van der Waals surface area contributed by atoms with E-state index in [1.165, 1.54) is 6.92 Å². The summed E-state index contributed by atoms with van der Waals surface area (Å²) in [6, 6.07) is 16.6. The van der Waals surface area contributed by atoms with Crippen LogP contribution in [0.4, 0.5) is 0 Å². The molecule has 2 aromatic rings.